The van der Waals surface area contributed by atoms with Crippen molar-refractivity contribution in [3.05, 3.63) is 0 Å². The summed E-state index contributed by atoms with van der Waals surface area (Å²) in [6.45, 7) is 5.06. The summed E-state index contributed by atoms with van der Waals surface area (Å²) in [6, 6.07) is 0. The summed E-state index contributed by atoms with van der Waals surface area (Å²) in [4.78, 5) is 12.4. The SMILES string of the molecule is C[C@@]12CCC[C@H]1[C@@H]1CCC3C(=O)CCC[C@]3(C)[C@H]1CC2. The molecule has 6 atom stereocenters. The monoisotopic (exact) mass is 274 g/mol. The molecule has 1 nitrogen and oxygen atoms in total. The Balaban J connectivity index is 1.67. The molecule has 0 aromatic carbocycles. The van der Waals surface area contributed by atoms with Crippen LogP contribution in [-0.2, 0) is 4.79 Å². The van der Waals surface area contributed by atoms with Gasteiger partial charge in [0.05, 0.1) is 0 Å². The van der Waals surface area contributed by atoms with Gasteiger partial charge >= 0.3 is 0 Å². The van der Waals surface area contributed by atoms with E-state index in [0.29, 0.717) is 22.5 Å². The van der Waals surface area contributed by atoms with E-state index in [9.17, 15) is 4.79 Å². The Labute approximate surface area is 123 Å². The van der Waals surface area contributed by atoms with Gasteiger partial charge in [0.15, 0.2) is 0 Å². The second-order valence-electron chi connectivity index (χ2n) is 8.92. The van der Waals surface area contributed by atoms with Crippen LogP contribution in [0.2, 0.25) is 0 Å². The van der Waals surface area contributed by atoms with Crippen LogP contribution >= 0.6 is 0 Å². The third-order valence-corrected chi connectivity index (χ3v) is 8.18. The smallest absolute Gasteiger partial charge is 0.136 e. The molecule has 0 amide bonds. The zero-order valence-electron chi connectivity index (χ0n) is 13.3. The number of ketones is 1. The van der Waals surface area contributed by atoms with E-state index in [1.807, 2.05) is 0 Å². The highest BCUT2D eigenvalue weighted by Gasteiger charge is 2.58. The van der Waals surface area contributed by atoms with E-state index < -0.39 is 0 Å². The molecule has 4 aliphatic rings. The molecule has 4 aliphatic carbocycles. The van der Waals surface area contributed by atoms with E-state index >= 15 is 0 Å². The first-order valence-electron chi connectivity index (χ1n) is 9.07. The third kappa shape index (κ3) is 1.64. The highest BCUT2D eigenvalue weighted by Crippen LogP contribution is 2.65. The standard InChI is InChI=1S/C19H30O/c1-18-10-3-5-14(18)13-7-8-16-17(20)6-4-11-19(16,2)15(13)9-12-18/h13-16H,3-12H2,1-2H3/t13-,14-,15-,16?,18-,19+/m0/s1. The van der Waals surface area contributed by atoms with Crippen LogP contribution in [-0.4, -0.2) is 5.78 Å². The average molecular weight is 274 g/mol. The maximum atomic E-state index is 12.4. The highest BCUT2D eigenvalue weighted by atomic mass is 16.1. The number of carbonyl (C=O) groups excluding carboxylic acids is 1. The van der Waals surface area contributed by atoms with Crippen molar-refractivity contribution in [2.24, 2.45) is 34.5 Å². The topological polar surface area (TPSA) is 17.1 Å². The van der Waals surface area contributed by atoms with Crippen molar-refractivity contribution >= 4 is 5.78 Å². The molecule has 112 valence electrons. The van der Waals surface area contributed by atoms with E-state index in [1.54, 1.807) is 0 Å². The number of hydrogen-bond acceptors (Lipinski definition) is 1. The van der Waals surface area contributed by atoms with Crippen LogP contribution < -0.4 is 0 Å². The molecule has 0 aromatic heterocycles. The lowest BCUT2D eigenvalue weighted by molar-refractivity contribution is -0.146. The molecule has 0 aliphatic heterocycles. The number of carbonyl (C=O) groups is 1. The van der Waals surface area contributed by atoms with Gasteiger partial charge < -0.3 is 0 Å². The van der Waals surface area contributed by atoms with Gasteiger partial charge in [0, 0.05) is 12.3 Å². The Bertz CT molecular complexity index is 427. The average Bonchev–Trinajstić information content (AvgIpc) is 2.80. The molecule has 1 heteroatoms. The predicted molar refractivity (Wildman–Crippen MR) is 81.4 cm³/mol. The largest absolute Gasteiger partial charge is 0.299 e. The van der Waals surface area contributed by atoms with E-state index in [2.05, 4.69) is 13.8 Å². The molecule has 1 unspecified atom stereocenters. The second kappa shape index (κ2) is 4.34. The van der Waals surface area contributed by atoms with Crippen LogP contribution in [0.4, 0.5) is 0 Å². The number of Topliss-reactive ketones (excluding diaryl/α,β-unsaturated/α-hetero) is 1. The summed E-state index contributed by atoms with van der Waals surface area (Å²) in [5.41, 5.74) is 1.02. The minimum absolute atomic E-state index is 0.363. The number of rotatable bonds is 0. The number of fused-ring (bicyclic) bond motifs is 5. The molecule has 0 spiro atoms. The van der Waals surface area contributed by atoms with Gasteiger partial charge in [-0.15, -0.1) is 0 Å². The van der Waals surface area contributed by atoms with Gasteiger partial charge in [-0.3, -0.25) is 4.79 Å². The van der Waals surface area contributed by atoms with Gasteiger partial charge in [-0.25, -0.2) is 0 Å². The van der Waals surface area contributed by atoms with Gasteiger partial charge in [0.1, 0.15) is 5.78 Å². The maximum absolute atomic E-state index is 12.4. The maximum Gasteiger partial charge on any atom is 0.136 e. The molecule has 0 saturated heterocycles. The Morgan fingerprint density at radius 2 is 1.75 bits per heavy atom. The predicted octanol–water partition coefficient (Wildman–Crippen LogP) is 4.99. The lowest BCUT2D eigenvalue weighted by Gasteiger charge is -2.59. The zero-order valence-corrected chi connectivity index (χ0v) is 13.3. The Morgan fingerprint density at radius 3 is 2.60 bits per heavy atom. The minimum atomic E-state index is 0.363. The van der Waals surface area contributed by atoms with Crippen LogP contribution in [0, 0.1) is 34.5 Å². The van der Waals surface area contributed by atoms with Crippen molar-refractivity contribution in [1.29, 1.82) is 0 Å². The lowest BCUT2D eigenvalue weighted by atomic mass is 9.45. The van der Waals surface area contributed by atoms with Crippen LogP contribution in [0.1, 0.15) is 78.1 Å². The summed E-state index contributed by atoms with van der Waals surface area (Å²) in [5.74, 6) is 3.82. The van der Waals surface area contributed by atoms with Crippen molar-refractivity contribution in [3.63, 3.8) is 0 Å². The quantitative estimate of drug-likeness (QED) is 0.608. The molecular formula is C19H30O. The lowest BCUT2D eigenvalue weighted by Crippen LogP contribution is -2.53. The van der Waals surface area contributed by atoms with Gasteiger partial charge in [-0.1, -0.05) is 20.3 Å². The Kier molecular flexibility index (Phi) is 2.89. The molecule has 0 N–H and O–H groups in total. The van der Waals surface area contributed by atoms with Crippen LogP contribution in [0.3, 0.4) is 0 Å². The Morgan fingerprint density at radius 1 is 0.900 bits per heavy atom. The summed E-state index contributed by atoms with van der Waals surface area (Å²) >= 11 is 0. The summed E-state index contributed by atoms with van der Waals surface area (Å²) in [7, 11) is 0. The highest BCUT2D eigenvalue weighted by molar-refractivity contribution is 5.82. The summed E-state index contributed by atoms with van der Waals surface area (Å²) < 4.78 is 0. The van der Waals surface area contributed by atoms with Gasteiger partial charge in [0.25, 0.3) is 0 Å². The van der Waals surface area contributed by atoms with Crippen LogP contribution in [0.15, 0.2) is 0 Å². The number of hydrogen-bond donors (Lipinski definition) is 0. The molecule has 20 heavy (non-hydrogen) atoms. The van der Waals surface area contributed by atoms with Crippen molar-refractivity contribution in [1.82, 2.24) is 0 Å². The van der Waals surface area contributed by atoms with E-state index in [-0.39, 0.29) is 0 Å². The molecule has 0 heterocycles. The molecule has 4 saturated carbocycles. The molecule has 0 radical (unpaired) electrons. The van der Waals surface area contributed by atoms with Gasteiger partial charge in [-0.2, -0.15) is 0 Å². The van der Waals surface area contributed by atoms with Crippen LogP contribution in [0.25, 0.3) is 0 Å². The van der Waals surface area contributed by atoms with E-state index in [1.165, 1.54) is 51.4 Å². The first kappa shape index (κ1) is 13.3. The third-order valence-electron chi connectivity index (χ3n) is 8.18. The van der Waals surface area contributed by atoms with E-state index in [0.717, 1.165) is 30.6 Å². The fraction of sp³-hybridized carbons (Fsp3) is 0.947. The van der Waals surface area contributed by atoms with Crippen molar-refractivity contribution < 1.29 is 4.79 Å². The molecule has 4 rings (SSSR count). The molecule has 0 aromatic rings. The van der Waals surface area contributed by atoms with Gasteiger partial charge in [0.2, 0.25) is 0 Å². The molecule has 0 bridgehead atoms. The Hall–Kier alpha value is -0.330. The molecule has 4 fully saturated rings. The summed E-state index contributed by atoms with van der Waals surface area (Å²) in [5, 5.41) is 0. The summed E-state index contributed by atoms with van der Waals surface area (Å²) in [6.07, 6.45) is 13.2. The first-order chi connectivity index (χ1) is 9.55. The fourth-order valence-electron chi connectivity index (χ4n) is 7.16. The van der Waals surface area contributed by atoms with Gasteiger partial charge in [-0.05, 0) is 80.0 Å². The fourth-order valence-corrected chi connectivity index (χ4v) is 7.16. The second-order valence-corrected chi connectivity index (χ2v) is 8.92. The van der Waals surface area contributed by atoms with E-state index in [4.69, 9.17) is 0 Å². The minimum Gasteiger partial charge on any atom is -0.299 e. The van der Waals surface area contributed by atoms with Crippen LogP contribution in [0.5, 0.6) is 0 Å². The normalized spacial score (nSPS) is 55.0. The zero-order chi connectivity index (χ0) is 14.0. The van der Waals surface area contributed by atoms with Crippen molar-refractivity contribution in [3.8, 4) is 0 Å². The molecular weight excluding hydrogens is 244 g/mol. The first-order valence-corrected chi connectivity index (χ1v) is 9.07. The van der Waals surface area contributed by atoms with Crippen molar-refractivity contribution in [2.75, 3.05) is 0 Å². The van der Waals surface area contributed by atoms with Crippen molar-refractivity contribution in [2.45, 2.75) is 78.1 Å².